The van der Waals surface area contributed by atoms with Crippen LogP contribution in [0, 0.1) is 0 Å². The minimum absolute atomic E-state index is 0.172. The van der Waals surface area contributed by atoms with Gasteiger partial charge in [-0.25, -0.2) is 0 Å². The first-order chi connectivity index (χ1) is 7.69. The van der Waals surface area contributed by atoms with Gasteiger partial charge in [0, 0.05) is 25.2 Å². The lowest BCUT2D eigenvalue weighted by Gasteiger charge is -2.19. The predicted octanol–water partition coefficient (Wildman–Crippen LogP) is 0.585. The summed E-state index contributed by atoms with van der Waals surface area (Å²) in [6.45, 7) is 6.80. The Morgan fingerprint density at radius 3 is 2.62 bits per heavy atom. The summed E-state index contributed by atoms with van der Waals surface area (Å²) >= 11 is 0. The van der Waals surface area contributed by atoms with Gasteiger partial charge in [-0.05, 0) is 26.3 Å². The van der Waals surface area contributed by atoms with E-state index in [4.69, 9.17) is 0 Å². The molecule has 1 rings (SSSR count). The fourth-order valence-electron chi connectivity index (χ4n) is 2.18. The van der Waals surface area contributed by atoms with E-state index in [0.717, 1.165) is 32.4 Å². The molecule has 1 heterocycles. The lowest BCUT2D eigenvalue weighted by molar-refractivity contribution is -0.122. The van der Waals surface area contributed by atoms with Crippen LogP contribution in [0.5, 0.6) is 0 Å². The van der Waals surface area contributed by atoms with Crippen molar-refractivity contribution in [3.8, 4) is 0 Å². The summed E-state index contributed by atoms with van der Waals surface area (Å²) in [6.07, 6.45) is 3.18. The quantitative estimate of drug-likeness (QED) is 0.698. The number of carbonyl (C=O) groups excluding carboxylic acids is 1. The molecule has 4 nitrogen and oxygen atoms in total. The van der Waals surface area contributed by atoms with Crippen LogP contribution in [0.15, 0.2) is 0 Å². The van der Waals surface area contributed by atoms with Gasteiger partial charge in [0.15, 0.2) is 0 Å². The average molecular weight is 227 g/mol. The van der Waals surface area contributed by atoms with Gasteiger partial charge in [0.2, 0.25) is 5.91 Å². The van der Waals surface area contributed by atoms with Gasteiger partial charge in [-0.2, -0.15) is 0 Å². The molecular weight excluding hydrogens is 202 g/mol. The zero-order chi connectivity index (χ0) is 12.0. The fraction of sp³-hybridized carbons (Fsp3) is 0.917. The van der Waals surface area contributed by atoms with Gasteiger partial charge in [0.05, 0.1) is 6.54 Å². The lowest BCUT2D eigenvalue weighted by Crippen LogP contribution is -2.41. The van der Waals surface area contributed by atoms with E-state index in [0.29, 0.717) is 18.6 Å². The second kappa shape index (κ2) is 6.86. The molecule has 1 saturated heterocycles. The predicted molar refractivity (Wildman–Crippen MR) is 66.4 cm³/mol. The van der Waals surface area contributed by atoms with Crippen LogP contribution >= 0.6 is 0 Å². The monoisotopic (exact) mass is 227 g/mol. The number of rotatable bonds is 6. The topological polar surface area (TPSA) is 44.4 Å². The highest BCUT2D eigenvalue weighted by Gasteiger charge is 2.22. The molecule has 1 amide bonds. The van der Waals surface area contributed by atoms with Gasteiger partial charge >= 0.3 is 0 Å². The molecule has 0 aromatic rings. The second-order valence-corrected chi connectivity index (χ2v) is 4.59. The number of hydrogen-bond acceptors (Lipinski definition) is 3. The Kier molecular flexibility index (Phi) is 5.77. The van der Waals surface area contributed by atoms with Crippen LogP contribution in [0.3, 0.4) is 0 Å². The number of nitrogens with one attached hydrogen (secondary N) is 2. The molecule has 1 fully saturated rings. The SMILES string of the molecule is CCC(CC)NC(=O)CN1CCC(NC)C1. The van der Waals surface area contributed by atoms with Crippen molar-refractivity contribution in [1.82, 2.24) is 15.5 Å². The van der Waals surface area contributed by atoms with Crippen molar-refractivity contribution in [3.05, 3.63) is 0 Å². The van der Waals surface area contributed by atoms with Crippen molar-refractivity contribution in [2.45, 2.75) is 45.2 Å². The maximum atomic E-state index is 11.7. The van der Waals surface area contributed by atoms with Crippen LogP contribution < -0.4 is 10.6 Å². The Bertz CT molecular complexity index is 216. The van der Waals surface area contributed by atoms with Gasteiger partial charge < -0.3 is 10.6 Å². The molecule has 0 aromatic heterocycles. The van der Waals surface area contributed by atoms with Crippen molar-refractivity contribution in [1.29, 1.82) is 0 Å². The molecule has 0 aliphatic carbocycles. The highest BCUT2D eigenvalue weighted by atomic mass is 16.2. The molecular formula is C12H25N3O. The first-order valence-corrected chi connectivity index (χ1v) is 6.38. The highest BCUT2D eigenvalue weighted by molar-refractivity contribution is 5.78. The van der Waals surface area contributed by atoms with E-state index in [1.165, 1.54) is 0 Å². The summed E-state index contributed by atoms with van der Waals surface area (Å²) < 4.78 is 0. The van der Waals surface area contributed by atoms with Crippen LogP contribution in [-0.4, -0.2) is 49.6 Å². The van der Waals surface area contributed by atoms with Crippen molar-refractivity contribution in [2.24, 2.45) is 0 Å². The zero-order valence-corrected chi connectivity index (χ0v) is 10.8. The van der Waals surface area contributed by atoms with Crippen LogP contribution in [0.1, 0.15) is 33.1 Å². The number of hydrogen-bond donors (Lipinski definition) is 2. The van der Waals surface area contributed by atoms with Crippen molar-refractivity contribution in [2.75, 3.05) is 26.7 Å². The maximum absolute atomic E-state index is 11.7. The van der Waals surface area contributed by atoms with E-state index < -0.39 is 0 Å². The molecule has 1 aliphatic rings. The minimum atomic E-state index is 0.172. The van der Waals surface area contributed by atoms with Gasteiger partial charge in [-0.3, -0.25) is 9.69 Å². The number of amides is 1. The van der Waals surface area contributed by atoms with E-state index in [1.54, 1.807) is 0 Å². The van der Waals surface area contributed by atoms with E-state index in [1.807, 2.05) is 7.05 Å². The molecule has 0 radical (unpaired) electrons. The molecule has 0 bridgehead atoms. The summed E-state index contributed by atoms with van der Waals surface area (Å²) in [6, 6.07) is 0.899. The third-order valence-electron chi connectivity index (χ3n) is 3.40. The van der Waals surface area contributed by atoms with Crippen molar-refractivity contribution in [3.63, 3.8) is 0 Å². The van der Waals surface area contributed by atoms with E-state index in [2.05, 4.69) is 29.4 Å². The van der Waals surface area contributed by atoms with Gasteiger partial charge in [0.1, 0.15) is 0 Å². The van der Waals surface area contributed by atoms with E-state index >= 15 is 0 Å². The first kappa shape index (κ1) is 13.5. The summed E-state index contributed by atoms with van der Waals surface area (Å²) in [4.78, 5) is 14.0. The molecule has 4 heteroatoms. The molecule has 1 atom stereocenters. The van der Waals surface area contributed by atoms with Crippen LogP contribution in [0.25, 0.3) is 0 Å². The van der Waals surface area contributed by atoms with Gasteiger partial charge in [0.25, 0.3) is 0 Å². The Hall–Kier alpha value is -0.610. The number of likely N-dealkylation sites (tertiary alicyclic amines) is 1. The van der Waals surface area contributed by atoms with Crippen molar-refractivity contribution >= 4 is 5.91 Å². The van der Waals surface area contributed by atoms with E-state index in [9.17, 15) is 4.79 Å². The van der Waals surface area contributed by atoms with Crippen LogP contribution in [0.2, 0.25) is 0 Å². The molecule has 94 valence electrons. The average Bonchev–Trinajstić information content (AvgIpc) is 2.73. The molecule has 0 saturated carbocycles. The molecule has 1 unspecified atom stereocenters. The summed E-state index contributed by atoms with van der Waals surface area (Å²) in [5, 5.41) is 6.33. The standard InChI is InChI=1S/C12H25N3O/c1-4-10(5-2)14-12(16)9-15-7-6-11(8-15)13-3/h10-11,13H,4-9H2,1-3H3,(H,14,16). The molecule has 16 heavy (non-hydrogen) atoms. The Labute approximate surface area is 98.8 Å². The second-order valence-electron chi connectivity index (χ2n) is 4.59. The smallest absolute Gasteiger partial charge is 0.234 e. The highest BCUT2D eigenvalue weighted by Crippen LogP contribution is 2.07. The van der Waals surface area contributed by atoms with Crippen LogP contribution in [0.4, 0.5) is 0 Å². The number of nitrogens with zero attached hydrogens (tertiary/aromatic N) is 1. The van der Waals surface area contributed by atoms with Crippen LogP contribution in [-0.2, 0) is 4.79 Å². The van der Waals surface area contributed by atoms with Gasteiger partial charge in [-0.1, -0.05) is 13.8 Å². The summed E-state index contributed by atoms with van der Waals surface area (Å²) in [5.41, 5.74) is 0. The third kappa shape index (κ3) is 4.10. The Balaban J connectivity index is 2.24. The Morgan fingerprint density at radius 2 is 2.12 bits per heavy atom. The fourth-order valence-corrected chi connectivity index (χ4v) is 2.18. The molecule has 2 N–H and O–H groups in total. The molecule has 0 spiro atoms. The summed E-state index contributed by atoms with van der Waals surface area (Å²) in [5.74, 6) is 0.172. The summed E-state index contributed by atoms with van der Waals surface area (Å²) in [7, 11) is 1.98. The van der Waals surface area contributed by atoms with Crippen molar-refractivity contribution < 1.29 is 4.79 Å². The minimum Gasteiger partial charge on any atom is -0.352 e. The Morgan fingerprint density at radius 1 is 1.44 bits per heavy atom. The number of carbonyl (C=O) groups is 1. The number of likely N-dealkylation sites (N-methyl/N-ethyl adjacent to an activating group) is 1. The van der Waals surface area contributed by atoms with Gasteiger partial charge in [-0.15, -0.1) is 0 Å². The molecule has 1 aliphatic heterocycles. The lowest BCUT2D eigenvalue weighted by atomic mass is 10.2. The normalized spacial score (nSPS) is 21.6. The first-order valence-electron chi connectivity index (χ1n) is 6.38. The third-order valence-corrected chi connectivity index (χ3v) is 3.40. The van der Waals surface area contributed by atoms with E-state index in [-0.39, 0.29) is 5.91 Å². The maximum Gasteiger partial charge on any atom is 0.234 e. The molecule has 0 aromatic carbocycles. The zero-order valence-electron chi connectivity index (χ0n) is 10.8. The largest absolute Gasteiger partial charge is 0.352 e.